The lowest BCUT2D eigenvalue weighted by atomic mass is 9.90. The molecule has 6 nitrogen and oxygen atoms in total. The Balaban J connectivity index is 1.70. The van der Waals surface area contributed by atoms with Crippen LogP contribution in [-0.4, -0.2) is 29.4 Å². The first-order valence-corrected chi connectivity index (χ1v) is 8.28. The van der Waals surface area contributed by atoms with Crippen molar-refractivity contribution in [1.82, 2.24) is 15.1 Å². The number of halogens is 1. The third-order valence-electron chi connectivity index (χ3n) is 4.41. The number of aromatic nitrogens is 2. The lowest BCUT2D eigenvalue weighted by Crippen LogP contribution is -2.37. The summed E-state index contributed by atoms with van der Waals surface area (Å²) in [5.74, 6) is -0.220. The summed E-state index contributed by atoms with van der Waals surface area (Å²) in [6.07, 6.45) is 4.86. The molecule has 1 aromatic heterocycles. The number of benzene rings is 1. The largest absolute Gasteiger partial charge is 0.496 e. The number of carbonyl (C=O) groups is 1. The molecule has 2 aromatic rings. The maximum absolute atomic E-state index is 13.5. The number of ether oxygens (including phenoxy) is 2. The van der Waals surface area contributed by atoms with Gasteiger partial charge in [0.1, 0.15) is 11.6 Å². The normalized spacial score (nSPS) is 20.3. The Labute approximate surface area is 145 Å². The summed E-state index contributed by atoms with van der Waals surface area (Å²) in [7, 11) is 3.35. The van der Waals surface area contributed by atoms with Gasteiger partial charge in [-0.3, -0.25) is 9.48 Å². The van der Waals surface area contributed by atoms with Gasteiger partial charge >= 0.3 is 0 Å². The summed E-state index contributed by atoms with van der Waals surface area (Å²) < 4.78 is 26.2. The molecule has 0 saturated carbocycles. The average molecular weight is 347 g/mol. The zero-order valence-corrected chi connectivity index (χ0v) is 14.4. The van der Waals surface area contributed by atoms with Crippen molar-refractivity contribution in [2.75, 3.05) is 13.7 Å². The number of carbonyl (C=O) groups excluding carboxylic acids is 1. The van der Waals surface area contributed by atoms with Gasteiger partial charge in [0.25, 0.3) is 0 Å². The molecule has 1 amide bonds. The lowest BCUT2D eigenvalue weighted by Gasteiger charge is -2.30. The number of nitrogens with one attached hydrogen (secondary N) is 1. The van der Waals surface area contributed by atoms with E-state index in [4.69, 9.17) is 9.47 Å². The zero-order chi connectivity index (χ0) is 17.8. The van der Waals surface area contributed by atoms with Gasteiger partial charge < -0.3 is 14.8 Å². The second kappa shape index (κ2) is 7.65. The van der Waals surface area contributed by atoms with Crippen molar-refractivity contribution in [3.05, 3.63) is 47.5 Å². The van der Waals surface area contributed by atoms with E-state index in [1.54, 1.807) is 16.9 Å². The monoisotopic (exact) mass is 347 g/mol. The van der Waals surface area contributed by atoms with Gasteiger partial charge in [0.05, 0.1) is 25.3 Å². The third-order valence-corrected chi connectivity index (χ3v) is 4.41. The second-order valence-electron chi connectivity index (χ2n) is 6.16. The van der Waals surface area contributed by atoms with Crippen LogP contribution in [0.25, 0.3) is 0 Å². The first-order valence-electron chi connectivity index (χ1n) is 8.28. The Hall–Kier alpha value is -2.41. The van der Waals surface area contributed by atoms with Crippen LogP contribution in [0.2, 0.25) is 0 Å². The number of hydrogen-bond acceptors (Lipinski definition) is 4. The van der Waals surface area contributed by atoms with E-state index in [1.165, 1.54) is 19.2 Å². The Kier molecular flexibility index (Phi) is 5.33. The first kappa shape index (κ1) is 17.4. The van der Waals surface area contributed by atoms with E-state index < -0.39 is 0 Å². The summed E-state index contributed by atoms with van der Waals surface area (Å²) in [5.41, 5.74) is 1.50. The molecule has 1 saturated heterocycles. The van der Waals surface area contributed by atoms with Gasteiger partial charge in [0, 0.05) is 37.5 Å². The predicted molar refractivity (Wildman–Crippen MR) is 89.4 cm³/mol. The molecule has 0 spiro atoms. The number of aryl methyl sites for hydroxylation is 1. The van der Waals surface area contributed by atoms with E-state index in [2.05, 4.69) is 10.4 Å². The molecule has 0 unspecified atom stereocenters. The summed E-state index contributed by atoms with van der Waals surface area (Å²) in [6, 6.07) is 4.26. The fourth-order valence-corrected chi connectivity index (χ4v) is 3.16. The summed E-state index contributed by atoms with van der Waals surface area (Å²) >= 11 is 0. The Bertz CT molecular complexity index is 747. The lowest BCUT2D eigenvalue weighted by molar-refractivity contribution is -0.134. The maximum atomic E-state index is 13.5. The third kappa shape index (κ3) is 3.99. The van der Waals surface area contributed by atoms with Crippen LogP contribution in [-0.2, 0) is 23.1 Å². The SMILES string of the molecule is COc1ccc(F)cc1CNC(=O)[C@@H]1CCCO[C@H]1c1cnn(C)c1. The standard InChI is InChI=1S/C18H22FN3O3/c1-22-11-13(10-21-22)17-15(4-3-7-25-17)18(23)20-9-12-8-14(19)5-6-16(12)24-2/h5-6,8,10-11,15,17H,3-4,7,9H2,1-2H3,(H,20,23)/t15-,17+/m1/s1. The fraction of sp³-hybridized carbons (Fsp3) is 0.444. The zero-order valence-electron chi connectivity index (χ0n) is 14.4. The highest BCUT2D eigenvalue weighted by Crippen LogP contribution is 2.33. The maximum Gasteiger partial charge on any atom is 0.226 e. The molecule has 0 radical (unpaired) electrons. The highest BCUT2D eigenvalue weighted by molar-refractivity contribution is 5.79. The van der Waals surface area contributed by atoms with Crippen molar-refractivity contribution >= 4 is 5.91 Å². The summed E-state index contributed by atoms with van der Waals surface area (Å²) in [4.78, 5) is 12.7. The van der Waals surface area contributed by atoms with Crippen molar-refractivity contribution < 1.29 is 18.7 Å². The molecular formula is C18H22FN3O3. The molecule has 3 rings (SSSR count). The minimum atomic E-state index is -0.362. The van der Waals surface area contributed by atoms with Crippen LogP contribution in [0.3, 0.4) is 0 Å². The molecule has 1 fully saturated rings. The molecule has 0 aliphatic carbocycles. The van der Waals surface area contributed by atoms with Crippen LogP contribution < -0.4 is 10.1 Å². The van der Waals surface area contributed by atoms with Crippen molar-refractivity contribution in [3.8, 4) is 5.75 Å². The summed E-state index contributed by atoms with van der Waals surface area (Å²) in [6.45, 7) is 0.830. The smallest absolute Gasteiger partial charge is 0.226 e. The van der Waals surface area contributed by atoms with E-state index in [9.17, 15) is 9.18 Å². The number of hydrogen-bond donors (Lipinski definition) is 1. The van der Waals surface area contributed by atoms with Crippen LogP contribution in [0.5, 0.6) is 5.75 Å². The average Bonchev–Trinajstić information content (AvgIpc) is 3.06. The Morgan fingerprint density at radius 1 is 1.52 bits per heavy atom. The number of nitrogens with zero attached hydrogens (tertiary/aromatic N) is 2. The highest BCUT2D eigenvalue weighted by atomic mass is 19.1. The van der Waals surface area contributed by atoms with Gasteiger partial charge in [-0.2, -0.15) is 5.10 Å². The first-order chi connectivity index (χ1) is 12.1. The van der Waals surface area contributed by atoms with E-state index in [0.717, 1.165) is 18.4 Å². The molecule has 7 heteroatoms. The Morgan fingerprint density at radius 2 is 2.36 bits per heavy atom. The van der Waals surface area contributed by atoms with Crippen LogP contribution in [0, 0.1) is 11.7 Å². The number of rotatable bonds is 5. The summed E-state index contributed by atoms with van der Waals surface area (Å²) in [5, 5.41) is 7.04. The molecule has 2 heterocycles. The molecule has 1 N–H and O–H groups in total. The minimum Gasteiger partial charge on any atom is -0.496 e. The molecule has 25 heavy (non-hydrogen) atoms. The van der Waals surface area contributed by atoms with Crippen molar-refractivity contribution in [1.29, 1.82) is 0 Å². The number of methoxy groups -OCH3 is 1. The van der Waals surface area contributed by atoms with Gasteiger partial charge in [0.15, 0.2) is 0 Å². The van der Waals surface area contributed by atoms with Crippen molar-refractivity contribution in [2.45, 2.75) is 25.5 Å². The second-order valence-corrected chi connectivity index (χ2v) is 6.16. The topological polar surface area (TPSA) is 65.4 Å². The van der Waals surface area contributed by atoms with Gasteiger partial charge in [-0.25, -0.2) is 4.39 Å². The van der Waals surface area contributed by atoms with E-state index in [0.29, 0.717) is 17.9 Å². The minimum absolute atomic E-state index is 0.111. The molecular weight excluding hydrogens is 325 g/mol. The molecule has 2 atom stereocenters. The molecule has 134 valence electrons. The van der Waals surface area contributed by atoms with Gasteiger partial charge in [0.2, 0.25) is 5.91 Å². The van der Waals surface area contributed by atoms with Crippen molar-refractivity contribution in [3.63, 3.8) is 0 Å². The van der Waals surface area contributed by atoms with Crippen LogP contribution in [0.15, 0.2) is 30.6 Å². The molecule has 1 aliphatic heterocycles. The van der Waals surface area contributed by atoms with E-state index in [1.807, 2.05) is 13.2 Å². The highest BCUT2D eigenvalue weighted by Gasteiger charge is 2.33. The van der Waals surface area contributed by atoms with E-state index in [-0.39, 0.29) is 30.3 Å². The quantitative estimate of drug-likeness (QED) is 0.902. The van der Waals surface area contributed by atoms with Crippen LogP contribution >= 0.6 is 0 Å². The fourth-order valence-electron chi connectivity index (χ4n) is 3.16. The molecule has 1 aromatic carbocycles. The molecule has 1 aliphatic rings. The van der Waals surface area contributed by atoms with Gasteiger partial charge in [-0.15, -0.1) is 0 Å². The number of amides is 1. The van der Waals surface area contributed by atoms with Crippen molar-refractivity contribution in [2.24, 2.45) is 13.0 Å². The predicted octanol–water partition coefficient (Wildman–Crippen LogP) is 2.35. The van der Waals surface area contributed by atoms with E-state index >= 15 is 0 Å². The van der Waals surface area contributed by atoms with Gasteiger partial charge in [-0.05, 0) is 31.0 Å². The van der Waals surface area contributed by atoms with Gasteiger partial charge in [-0.1, -0.05) is 0 Å². The molecule has 0 bridgehead atoms. The van der Waals surface area contributed by atoms with Crippen LogP contribution in [0.4, 0.5) is 4.39 Å². The van der Waals surface area contributed by atoms with Crippen LogP contribution in [0.1, 0.15) is 30.1 Å². The Morgan fingerprint density at radius 3 is 3.08 bits per heavy atom.